The molecule has 0 fully saturated rings. The Labute approximate surface area is 155 Å². The largest absolute Gasteiger partial charge is 0.492 e. The number of hydrogen-bond acceptors (Lipinski definition) is 4. The molecule has 1 heterocycles. The van der Waals surface area contributed by atoms with Gasteiger partial charge in [0, 0.05) is 12.4 Å². The Bertz CT molecular complexity index is 898. The number of ether oxygens (including phenoxy) is 1. The number of benzene rings is 2. The highest BCUT2D eigenvalue weighted by Crippen LogP contribution is 2.25. The summed E-state index contributed by atoms with van der Waals surface area (Å²) in [5.74, 6) is 0.315. The molecule has 2 aromatic carbocycles. The Morgan fingerprint density at radius 3 is 2.92 bits per heavy atom. The van der Waals surface area contributed by atoms with Gasteiger partial charge in [0.25, 0.3) is 0 Å². The van der Waals surface area contributed by atoms with Crippen LogP contribution >= 0.6 is 11.8 Å². The fraction of sp³-hybridized carbons (Fsp3) is 0.158. The van der Waals surface area contributed by atoms with Gasteiger partial charge in [-0.15, -0.1) is 0 Å². The standard InChI is InChI=1S/C19H18FN3O2S/c1-2-25-17-9-4-3-8-16(17)22-18(24)13-26-19-21-10-11-23(19)15-7-5-6-14(20)12-15/h3-12H,2,13H2,1H3,(H,22,24). The average molecular weight is 371 g/mol. The second kappa shape index (κ2) is 8.53. The predicted molar refractivity (Wildman–Crippen MR) is 100 cm³/mol. The van der Waals surface area contributed by atoms with Crippen molar-refractivity contribution in [3.63, 3.8) is 0 Å². The van der Waals surface area contributed by atoms with Crippen molar-refractivity contribution in [3.05, 3.63) is 66.7 Å². The van der Waals surface area contributed by atoms with E-state index in [0.29, 0.717) is 28.9 Å². The highest BCUT2D eigenvalue weighted by atomic mass is 32.2. The molecule has 134 valence electrons. The van der Waals surface area contributed by atoms with E-state index in [2.05, 4.69) is 10.3 Å². The first kappa shape index (κ1) is 18.0. The van der Waals surface area contributed by atoms with Gasteiger partial charge in [-0.3, -0.25) is 9.36 Å². The molecule has 0 unspecified atom stereocenters. The minimum absolute atomic E-state index is 0.170. The van der Waals surface area contributed by atoms with Crippen molar-refractivity contribution >= 4 is 23.4 Å². The number of carbonyl (C=O) groups excluding carboxylic acids is 1. The lowest BCUT2D eigenvalue weighted by atomic mass is 10.3. The number of nitrogens with one attached hydrogen (secondary N) is 1. The van der Waals surface area contributed by atoms with Crippen LogP contribution in [0.3, 0.4) is 0 Å². The Morgan fingerprint density at radius 1 is 1.27 bits per heavy atom. The monoisotopic (exact) mass is 371 g/mol. The maximum atomic E-state index is 13.4. The molecule has 0 aliphatic rings. The van der Waals surface area contributed by atoms with Crippen molar-refractivity contribution in [1.29, 1.82) is 0 Å². The average Bonchev–Trinajstić information content (AvgIpc) is 3.10. The number of carbonyl (C=O) groups is 1. The van der Waals surface area contributed by atoms with Crippen molar-refractivity contribution in [3.8, 4) is 11.4 Å². The van der Waals surface area contributed by atoms with Gasteiger partial charge in [-0.25, -0.2) is 9.37 Å². The first-order chi connectivity index (χ1) is 12.7. The third kappa shape index (κ3) is 4.43. The van der Waals surface area contributed by atoms with Crippen molar-refractivity contribution in [2.75, 3.05) is 17.7 Å². The molecule has 0 spiro atoms. The fourth-order valence-corrected chi connectivity index (χ4v) is 3.16. The summed E-state index contributed by atoms with van der Waals surface area (Å²) in [5.41, 5.74) is 1.29. The van der Waals surface area contributed by atoms with Gasteiger partial charge in [0.1, 0.15) is 11.6 Å². The number of para-hydroxylation sites is 2. The quantitative estimate of drug-likeness (QED) is 0.634. The summed E-state index contributed by atoms with van der Waals surface area (Å²) in [6, 6.07) is 13.5. The van der Waals surface area contributed by atoms with E-state index in [4.69, 9.17) is 4.74 Å². The molecule has 26 heavy (non-hydrogen) atoms. The van der Waals surface area contributed by atoms with Crippen LogP contribution in [0.1, 0.15) is 6.92 Å². The molecule has 1 N–H and O–H groups in total. The highest BCUT2D eigenvalue weighted by molar-refractivity contribution is 7.99. The molecular weight excluding hydrogens is 353 g/mol. The van der Waals surface area contributed by atoms with Gasteiger partial charge in [-0.05, 0) is 37.3 Å². The second-order valence-electron chi connectivity index (χ2n) is 5.33. The van der Waals surface area contributed by atoms with E-state index in [0.717, 1.165) is 0 Å². The molecule has 0 bridgehead atoms. The zero-order chi connectivity index (χ0) is 18.4. The van der Waals surface area contributed by atoms with Gasteiger partial charge in [-0.1, -0.05) is 30.0 Å². The van der Waals surface area contributed by atoms with E-state index >= 15 is 0 Å². The third-order valence-electron chi connectivity index (χ3n) is 3.49. The molecule has 1 aromatic heterocycles. The van der Waals surface area contributed by atoms with E-state index < -0.39 is 0 Å². The maximum Gasteiger partial charge on any atom is 0.234 e. The van der Waals surface area contributed by atoms with Crippen molar-refractivity contribution in [1.82, 2.24) is 9.55 Å². The first-order valence-corrected chi connectivity index (χ1v) is 9.09. The van der Waals surface area contributed by atoms with Crippen LogP contribution in [0.15, 0.2) is 66.1 Å². The molecule has 0 saturated carbocycles. The van der Waals surface area contributed by atoms with Gasteiger partial charge in [-0.2, -0.15) is 0 Å². The van der Waals surface area contributed by atoms with Crippen LogP contribution in [0.4, 0.5) is 10.1 Å². The molecular formula is C19H18FN3O2S. The zero-order valence-electron chi connectivity index (χ0n) is 14.2. The number of anilines is 1. The number of thioether (sulfide) groups is 1. The fourth-order valence-electron chi connectivity index (χ4n) is 2.39. The predicted octanol–water partition coefficient (Wildman–Crippen LogP) is 4.14. The summed E-state index contributed by atoms with van der Waals surface area (Å²) < 4.78 is 20.7. The molecule has 5 nitrogen and oxygen atoms in total. The Hall–Kier alpha value is -2.80. The van der Waals surface area contributed by atoms with Crippen molar-refractivity contribution in [2.24, 2.45) is 0 Å². The molecule has 0 aliphatic heterocycles. The van der Waals surface area contributed by atoms with E-state index in [1.54, 1.807) is 35.2 Å². The van der Waals surface area contributed by atoms with E-state index in [9.17, 15) is 9.18 Å². The second-order valence-corrected chi connectivity index (χ2v) is 6.27. The number of imidazole rings is 1. The number of nitrogens with zero attached hydrogens (tertiary/aromatic N) is 2. The summed E-state index contributed by atoms with van der Waals surface area (Å²) in [6.07, 6.45) is 3.36. The lowest BCUT2D eigenvalue weighted by molar-refractivity contribution is -0.113. The molecule has 3 rings (SSSR count). The molecule has 0 aliphatic carbocycles. The van der Waals surface area contributed by atoms with Gasteiger partial charge in [0.05, 0.1) is 23.7 Å². The van der Waals surface area contributed by atoms with Crippen LogP contribution in [0, 0.1) is 5.82 Å². The van der Waals surface area contributed by atoms with Crippen LogP contribution in [0.25, 0.3) is 5.69 Å². The third-order valence-corrected chi connectivity index (χ3v) is 4.45. The van der Waals surface area contributed by atoms with Crippen LogP contribution in [-0.2, 0) is 4.79 Å². The molecule has 7 heteroatoms. The van der Waals surface area contributed by atoms with Crippen LogP contribution < -0.4 is 10.1 Å². The number of aromatic nitrogens is 2. The maximum absolute atomic E-state index is 13.4. The Balaban J connectivity index is 1.65. The minimum atomic E-state index is -0.322. The number of rotatable bonds is 7. The van der Waals surface area contributed by atoms with Gasteiger partial charge < -0.3 is 10.1 Å². The molecule has 3 aromatic rings. The number of hydrogen-bond donors (Lipinski definition) is 1. The molecule has 0 atom stereocenters. The Kier molecular flexibility index (Phi) is 5.91. The van der Waals surface area contributed by atoms with Crippen LogP contribution in [-0.4, -0.2) is 27.8 Å². The van der Waals surface area contributed by atoms with Gasteiger partial charge in [0.15, 0.2) is 5.16 Å². The van der Waals surface area contributed by atoms with Crippen molar-refractivity contribution < 1.29 is 13.9 Å². The number of halogens is 1. The SMILES string of the molecule is CCOc1ccccc1NC(=O)CSc1nccn1-c1cccc(F)c1. The van der Waals surface area contributed by atoms with Crippen molar-refractivity contribution in [2.45, 2.75) is 12.1 Å². The molecule has 0 saturated heterocycles. The van der Waals surface area contributed by atoms with E-state index in [1.807, 2.05) is 25.1 Å². The minimum Gasteiger partial charge on any atom is -0.492 e. The number of amides is 1. The highest BCUT2D eigenvalue weighted by Gasteiger charge is 2.11. The van der Waals surface area contributed by atoms with Crippen LogP contribution in [0.2, 0.25) is 0 Å². The van der Waals surface area contributed by atoms with Gasteiger partial charge >= 0.3 is 0 Å². The smallest absolute Gasteiger partial charge is 0.234 e. The summed E-state index contributed by atoms with van der Waals surface area (Å²) in [6.45, 7) is 2.41. The summed E-state index contributed by atoms with van der Waals surface area (Å²) in [4.78, 5) is 16.5. The van der Waals surface area contributed by atoms with E-state index in [1.165, 1.54) is 23.9 Å². The van der Waals surface area contributed by atoms with Gasteiger partial charge in [0.2, 0.25) is 5.91 Å². The Morgan fingerprint density at radius 2 is 2.12 bits per heavy atom. The topological polar surface area (TPSA) is 56.1 Å². The molecule has 1 amide bonds. The summed E-state index contributed by atoms with van der Waals surface area (Å²) >= 11 is 1.28. The lowest BCUT2D eigenvalue weighted by Gasteiger charge is -2.11. The zero-order valence-corrected chi connectivity index (χ0v) is 15.0. The lowest BCUT2D eigenvalue weighted by Crippen LogP contribution is -2.15. The van der Waals surface area contributed by atoms with Crippen LogP contribution in [0.5, 0.6) is 5.75 Å². The normalized spacial score (nSPS) is 10.5. The van der Waals surface area contributed by atoms with E-state index in [-0.39, 0.29) is 17.5 Å². The summed E-state index contributed by atoms with van der Waals surface area (Å²) in [7, 11) is 0. The first-order valence-electron chi connectivity index (χ1n) is 8.11. The molecule has 0 radical (unpaired) electrons. The summed E-state index contributed by atoms with van der Waals surface area (Å²) in [5, 5.41) is 3.46.